The average molecular weight is 499 g/mol. The third-order valence-corrected chi connectivity index (χ3v) is 7.10. The molecule has 36 heavy (non-hydrogen) atoms. The summed E-state index contributed by atoms with van der Waals surface area (Å²) in [4.78, 5) is 33.2. The number of hydrogen-bond acceptors (Lipinski definition) is 4. The van der Waals surface area contributed by atoms with E-state index in [1.54, 1.807) is 0 Å². The van der Waals surface area contributed by atoms with Crippen molar-refractivity contribution in [3.8, 4) is 0 Å². The van der Waals surface area contributed by atoms with Gasteiger partial charge in [0.25, 0.3) is 0 Å². The molecule has 0 unspecified atom stereocenters. The minimum atomic E-state index is -0.329. The van der Waals surface area contributed by atoms with E-state index in [1.165, 1.54) is 11.8 Å². The zero-order chi connectivity index (χ0) is 25.3. The van der Waals surface area contributed by atoms with Crippen molar-refractivity contribution in [3.63, 3.8) is 0 Å². The highest BCUT2D eigenvalue weighted by Crippen LogP contribution is 2.37. The fraction of sp³-hybridized carbons (Fsp3) is 0.276. The predicted molar refractivity (Wildman–Crippen MR) is 146 cm³/mol. The quantitative estimate of drug-likeness (QED) is 0.369. The van der Waals surface area contributed by atoms with Gasteiger partial charge in [-0.15, -0.1) is 0 Å². The molecule has 4 aromatic rings. The van der Waals surface area contributed by atoms with Gasteiger partial charge in [0.15, 0.2) is 5.16 Å². The highest BCUT2D eigenvalue weighted by Gasteiger charge is 2.26. The van der Waals surface area contributed by atoms with Crippen molar-refractivity contribution in [2.24, 2.45) is 0 Å². The van der Waals surface area contributed by atoms with Gasteiger partial charge < -0.3 is 9.88 Å². The largest absolute Gasteiger partial charge is 0.350 e. The van der Waals surface area contributed by atoms with Gasteiger partial charge in [-0.3, -0.25) is 14.5 Å². The van der Waals surface area contributed by atoms with Gasteiger partial charge in [-0.2, -0.15) is 0 Å². The number of benzene rings is 3. The lowest BCUT2D eigenvalue weighted by molar-refractivity contribution is -0.123. The Morgan fingerprint density at radius 2 is 1.47 bits per heavy atom. The fourth-order valence-corrected chi connectivity index (χ4v) is 5.52. The Bertz CT molecular complexity index is 1390. The van der Waals surface area contributed by atoms with Crippen molar-refractivity contribution in [1.82, 2.24) is 14.9 Å². The number of aromatic nitrogens is 2. The molecule has 0 saturated carbocycles. The molecule has 0 saturated heterocycles. The minimum absolute atomic E-state index is 0.0143. The first-order chi connectivity index (χ1) is 17.3. The molecule has 2 amide bonds. The number of imidazole rings is 1. The molecular weight excluding hydrogens is 468 g/mol. The Kier molecular flexibility index (Phi) is 6.58. The van der Waals surface area contributed by atoms with E-state index in [1.807, 2.05) is 90.9 Å². The molecule has 1 aromatic heterocycles. The number of anilines is 2. The van der Waals surface area contributed by atoms with Crippen molar-refractivity contribution in [1.29, 1.82) is 0 Å². The molecule has 1 aliphatic heterocycles. The number of amides is 2. The summed E-state index contributed by atoms with van der Waals surface area (Å²) in [5.41, 5.74) is 5.56. The normalized spacial score (nSPS) is 13.1. The summed E-state index contributed by atoms with van der Waals surface area (Å²) in [6.07, 6.45) is 1.78. The number of nitrogens with zero attached hydrogens (tertiary/aromatic N) is 3. The van der Waals surface area contributed by atoms with Crippen LogP contribution in [0, 0.1) is 0 Å². The SMILES string of the molecule is CC(C)(C)NC(=O)Cn1c(SCC(=O)N2c3ccccc3CCc3ccccc32)nc2ccccc21. The second-order valence-corrected chi connectivity index (χ2v) is 11.0. The molecule has 0 fully saturated rings. The van der Waals surface area contributed by atoms with E-state index in [0.717, 1.165) is 46.4 Å². The van der Waals surface area contributed by atoms with Crippen LogP contribution < -0.4 is 10.2 Å². The third kappa shape index (κ3) is 5.02. The van der Waals surface area contributed by atoms with Gasteiger partial charge in [0.1, 0.15) is 6.54 Å². The molecule has 6 nitrogen and oxygen atoms in total. The number of thioether (sulfide) groups is 1. The van der Waals surface area contributed by atoms with Crippen LogP contribution in [0.1, 0.15) is 31.9 Å². The van der Waals surface area contributed by atoms with E-state index in [4.69, 9.17) is 4.98 Å². The highest BCUT2D eigenvalue weighted by atomic mass is 32.2. The Labute approximate surface area is 215 Å². The lowest BCUT2D eigenvalue weighted by Gasteiger charge is -2.25. The molecule has 0 spiro atoms. The average Bonchev–Trinajstić information content (AvgIpc) is 3.08. The lowest BCUT2D eigenvalue weighted by Crippen LogP contribution is -2.42. The molecule has 1 aliphatic rings. The zero-order valence-electron chi connectivity index (χ0n) is 20.8. The maximum atomic E-state index is 13.8. The summed E-state index contributed by atoms with van der Waals surface area (Å²) in [6, 6.07) is 24.0. The van der Waals surface area contributed by atoms with E-state index < -0.39 is 0 Å². The number of carbonyl (C=O) groups is 2. The molecule has 7 heteroatoms. The Morgan fingerprint density at radius 1 is 0.889 bits per heavy atom. The molecule has 0 radical (unpaired) electrons. The van der Waals surface area contributed by atoms with Crippen molar-refractivity contribution < 1.29 is 9.59 Å². The summed E-state index contributed by atoms with van der Waals surface area (Å²) in [6.45, 7) is 6.02. The van der Waals surface area contributed by atoms with Crippen LogP contribution in [0.15, 0.2) is 78.0 Å². The monoisotopic (exact) mass is 498 g/mol. The van der Waals surface area contributed by atoms with Gasteiger partial charge in [0, 0.05) is 5.54 Å². The first-order valence-electron chi connectivity index (χ1n) is 12.2. The number of carbonyl (C=O) groups excluding carboxylic acids is 2. The number of para-hydroxylation sites is 4. The van der Waals surface area contributed by atoms with E-state index in [2.05, 4.69) is 17.4 Å². The summed E-state index contributed by atoms with van der Waals surface area (Å²) in [5.74, 6) is 0.0983. The number of hydrogen-bond donors (Lipinski definition) is 1. The molecule has 0 aliphatic carbocycles. The second kappa shape index (κ2) is 9.82. The van der Waals surface area contributed by atoms with Crippen molar-refractivity contribution in [2.75, 3.05) is 10.7 Å². The summed E-state index contributed by atoms with van der Waals surface area (Å²) >= 11 is 1.37. The maximum absolute atomic E-state index is 13.8. The van der Waals surface area contributed by atoms with Crippen LogP contribution in [-0.4, -0.2) is 32.7 Å². The van der Waals surface area contributed by atoms with Gasteiger partial charge in [0.2, 0.25) is 11.8 Å². The smallest absolute Gasteiger partial charge is 0.242 e. The number of nitrogens with one attached hydrogen (secondary N) is 1. The minimum Gasteiger partial charge on any atom is -0.350 e. The topological polar surface area (TPSA) is 67.2 Å². The predicted octanol–water partition coefficient (Wildman–Crippen LogP) is 5.51. The maximum Gasteiger partial charge on any atom is 0.242 e. The molecule has 184 valence electrons. The molecule has 0 bridgehead atoms. The van der Waals surface area contributed by atoms with E-state index in [-0.39, 0.29) is 29.7 Å². The molecule has 0 atom stereocenters. The molecule has 5 rings (SSSR count). The molecule has 1 N–H and O–H groups in total. The van der Waals surface area contributed by atoms with E-state index >= 15 is 0 Å². The van der Waals surface area contributed by atoms with Crippen LogP contribution >= 0.6 is 11.8 Å². The molecule has 3 aromatic carbocycles. The third-order valence-electron chi connectivity index (χ3n) is 6.14. The number of fused-ring (bicyclic) bond motifs is 3. The fourth-order valence-electron chi connectivity index (χ4n) is 4.66. The summed E-state index contributed by atoms with van der Waals surface area (Å²) in [7, 11) is 0. The van der Waals surface area contributed by atoms with Crippen molar-refractivity contribution in [2.45, 2.75) is 50.9 Å². The van der Waals surface area contributed by atoms with Gasteiger partial charge in [0.05, 0.1) is 28.2 Å². The van der Waals surface area contributed by atoms with E-state index in [9.17, 15) is 9.59 Å². The number of aryl methyl sites for hydroxylation is 2. The van der Waals surface area contributed by atoms with Crippen LogP contribution in [0.2, 0.25) is 0 Å². The standard InChI is InChI=1S/C29H30N4O2S/c1-29(2,3)31-26(34)18-32-25-15-9-6-12-22(25)30-28(32)36-19-27(35)33-23-13-7-4-10-20(23)16-17-21-11-5-8-14-24(21)33/h4-15H,16-19H2,1-3H3,(H,31,34). The summed E-state index contributed by atoms with van der Waals surface area (Å²) < 4.78 is 1.90. The molecule has 2 heterocycles. The van der Waals surface area contributed by atoms with Crippen molar-refractivity contribution >= 4 is 46.0 Å². The Balaban J connectivity index is 1.44. The van der Waals surface area contributed by atoms with Crippen LogP contribution in [0.3, 0.4) is 0 Å². The van der Waals surface area contributed by atoms with Crippen LogP contribution in [-0.2, 0) is 29.0 Å². The van der Waals surface area contributed by atoms with Gasteiger partial charge in [-0.25, -0.2) is 4.98 Å². The van der Waals surface area contributed by atoms with Crippen LogP contribution in [0.5, 0.6) is 0 Å². The lowest BCUT2D eigenvalue weighted by atomic mass is 10.0. The zero-order valence-corrected chi connectivity index (χ0v) is 21.6. The van der Waals surface area contributed by atoms with E-state index in [0.29, 0.717) is 5.16 Å². The summed E-state index contributed by atoms with van der Waals surface area (Å²) in [5, 5.41) is 3.68. The van der Waals surface area contributed by atoms with Gasteiger partial charge >= 0.3 is 0 Å². The number of rotatable bonds is 5. The first kappa shape index (κ1) is 24.1. The molecular formula is C29H30N4O2S. The van der Waals surface area contributed by atoms with Crippen LogP contribution in [0.4, 0.5) is 11.4 Å². The van der Waals surface area contributed by atoms with Gasteiger partial charge in [-0.1, -0.05) is 60.3 Å². The highest BCUT2D eigenvalue weighted by molar-refractivity contribution is 7.99. The second-order valence-electron chi connectivity index (χ2n) is 10.0. The van der Waals surface area contributed by atoms with Gasteiger partial charge in [-0.05, 0) is 69.0 Å². The van der Waals surface area contributed by atoms with Crippen LogP contribution in [0.25, 0.3) is 11.0 Å². The Hall–Kier alpha value is -3.58. The van der Waals surface area contributed by atoms with Crippen molar-refractivity contribution in [3.05, 3.63) is 83.9 Å². The first-order valence-corrected chi connectivity index (χ1v) is 13.2. The Morgan fingerprint density at radius 3 is 2.11 bits per heavy atom.